The van der Waals surface area contributed by atoms with E-state index in [2.05, 4.69) is 11.1 Å². The molecule has 5 nitrogen and oxygen atoms in total. The summed E-state index contributed by atoms with van der Waals surface area (Å²) in [4.78, 5) is 4.45. The van der Waals surface area contributed by atoms with Gasteiger partial charge in [0.05, 0.1) is 4.90 Å². The van der Waals surface area contributed by atoms with Crippen molar-refractivity contribution in [3.63, 3.8) is 0 Å². The molecule has 0 unspecified atom stereocenters. The van der Waals surface area contributed by atoms with Gasteiger partial charge >= 0.3 is 0 Å². The van der Waals surface area contributed by atoms with Crippen LogP contribution in [-0.2, 0) is 23.0 Å². The van der Waals surface area contributed by atoms with Crippen LogP contribution in [0.1, 0.15) is 17.0 Å². The van der Waals surface area contributed by atoms with Crippen molar-refractivity contribution in [2.24, 2.45) is 0 Å². The number of rotatable bonds is 2. The molecule has 0 saturated carbocycles. The van der Waals surface area contributed by atoms with Crippen LogP contribution in [0.3, 0.4) is 0 Å². The lowest BCUT2D eigenvalue weighted by Crippen LogP contribution is -2.35. The third kappa shape index (κ3) is 2.44. The molecule has 3 aromatic rings. The zero-order valence-electron chi connectivity index (χ0n) is 12.7. The minimum Gasteiger partial charge on any atom is -0.441 e. The third-order valence-corrected chi connectivity index (χ3v) is 6.04. The summed E-state index contributed by atoms with van der Waals surface area (Å²) in [5, 5.41) is 0. The molecule has 0 aliphatic carbocycles. The molecule has 0 fully saturated rings. The standard InChI is InChI=1S/C17H16N2O3S/c1-12-18-16-7-6-15(10-17(16)22-12)23(20,21)19-9-8-13-4-2-3-5-14(13)11-19/h2-7,10H,8-9,11H2,1H3. The van der Waals surface area contributed by atoms with Crippen LogP contribution in [0.5, 0.6) is 0 Å². The van der Waals surface area contributed by atoms with Gasteiger partial charge in [0.2, 0.25) is 10.0 Å². The number of aryl methyl sites for hydroxylation is 1. The van der Waals surface area contributed by atoms with Crippen LogP contribution in [0.25, 0.3) is 11.1 Å². The normalized spacial score (nSPS) is 15.7. The first-order valence-corrected chi connectivity index (χ1v) is 8.92. The van der Waals surface area contributed by atoms with E-state index < -0.39 is 10.0 Å². The van der Waals surface area contributed by atoms with Gasteiger partial charge in [-0.05, 0) is 29.7 Å². The Labute approximate surface area is 134 Å². The second-order valence-corrected chi connectivity index (χ2v) is 7.66. The summed E-state index contributed by atoms with van der Waals surface area (Å²) in [5.41, 5.74) is 3.46. The SMILES string of the molecule is Cc1nc2ccc(S(=O)(=O)N3CCc4ccccc4C3)cc2o1. The smallest absolute Gasteiger partial charge is 0.243 e. The quantitative estimate of drug-likeness (QED) is 0.725. The lowest BCUT2D eigenvalue weighted by molar-refractivity contribution is 0.391. The number of sulfonamides is 1. The van der Waals surface area contributed by atoms with E-state index in [0.717, 1.165) is 12.0 Å². The topological polar surface area (TPSA) is 63.4 Å². The molecule has 0 amide bonds. The van der Waals surface area contributed by atoms with E-state index in [-0.39, 0.29) is 4.90 Å². The summed E-state index contributed by atoms with van der Waals surface area (Å²) in [5.74, 6) is 0.529. The van der Waals surface area contributed by atoms with Gasteiger partial charge in [-0.15, -0.1) is 0 Å². The average Bonchev–Trinajstić information content (AvgIpc) is 2.93. The van der Waals surface area contributed by atoms with Gasteiger partial charge in [0, 0.05) is 26.1 Å². The minimum atomic E-state index is -3.54. The van der Waals surface area contributed by atoms with Crippen molar-refractivity contribution >= 4 is 21.1 Å². The van der Waals surface area contributed by atoms with Crippen molar-refractivity contribution in [3.05, 3.63) is 59.5 Å². The third-order valence-electron chi connectivity index (χ3n) is 4.20. The molecule has 0 radical (unpaired) electrons. The van der Waals surface area contributed by atoms with Gasteiger partial charge in [0.15, 0.2) is 11.5 Å². The van der Waals surface area contributed by atoms with Crippen LogP contribution >= 0.6 is 0 Å². The van der Waals surface area contributed by atoms with Gasteiger partial charge in [-0.2, -0.15) is 4.31 Å². The second kappa shape index (κ2) is 5.18. The fourth-order valence-corrected chi connectivity index (χ4v) is 4.44. The van der Waals surface area contributed by atoms with Crippen molar-refractivity contribution < 1.29 is 12.8 Å². The van der Waals surface area contributed by atoms with Gasteiger partial charge in [-0.1, -0.05) is 24.3 Å². The maximum atomic E-state index is 12.9. The average molecular weight is 328 g/mol. The molecule has 0 spiro atoms. The summed E-state index contributed by atoms with van der Waals surface area (Å²) >= 11 is 0. The number of fused-ring (bicyclic) bond motifs is 2. The highest BCUT2D eigenvalue weighted by Crippen LogP contribution is 2.27. The summed E-state index contributed by atoms with van der Waals surface area (Å²) < 4.78 is 32.8. The highest BCUT2D eigenvalue weighted by Gasteiger charge is 2.28. The molecular formula is C17H16N2O3S. The molecule has 4 rings (SSSR count). The van der Waals surface area contributed by atoms with Crippen molar-refractivity contribution in [1.82, 2.24) is 9.29 Å². The predicted octanol–water partition coefficient (Wildman–Crippen LogP) is 2.88. The first-order chi connectivity index (χ1) is 11.0. The Morgan fingerprint density at radius 2 is 1.91 bits per heavy atom. The van der Waals surface area contributed by atoms with Gasteiger partial charge in [-0.3, -0.25) is 0 Å². The van der Waals surface area contributed by atoms with Crippen LogP contribution in [-0.4, -0.2) is 24.3 Å². The number of aromatic nitrogens is 1. The van der Waals surface area contributed by atoms with E-state index in [0.29, 0.717) is 30.1 Å². The Kier molecular flexibility index (Phi) is 3.25. The molecule has 23 heavy (non-hydrogen) atoms. The molecule has 6 heteroatoms. The lowest BCUT2D eigenvalue weighted by Gasteiger charge is -2.28. The Bertz CT molecular complexity index is 992. The molecule has 118 valence electrons. The molecule has 2 heterocycles. The van der Waals surface area contributed by atoms with Gasteiger partial charge in [-0.25, -0.2) is 13.4 Å². The van der Waals surface area contributed by atoms with Crippen molar-refractivity contribution in [1.29, 1.82) is 0 Å². The Balaban J connectivity index is 1.72. The first-order valence-electron chi connectivity index (χ1n) is 7.48. The van der Waals surface area contributed by atoms with Crippen LogP contribution in [0.15, 0.2) is 51.8 Å². The Hall–Kier alpha value is -2.18. The molecule has 1 aliphatic rings. The lowest BCUT2D eigenvalue weighted by atomic mass is 10.0. The fourth-order valence-electron chi connectivity index (χ4n) is 3.00. The molecule has 1 aromatic heterocycles. The Morgan fingerprint density at radius 1 is 1.13 bits per heavy atom. The largest absolute Gasteiger partial charge is 0.441 e. The van der Waals surface area contributed by atoms with Gasteiger partial charge in [0.25, 0.3) is 0 Å². The highest BCUT2D eigenvalue weighted by molar-refractivity contribution is 7.89. The molecule has 2 aromatic carbocycles. The van der Waals surface area contributed by atoms with E-state index in [9.17, 15) is 8.42 Å². The molecule has 0 saturated heterocycles. The minimum absolute atomic E-state index is 0.250. The maximum Gasteiger partial charge on any atom is 0.243 e. The van der Waals surface area contributed by atoms with E-state index in [1.807, 2.05) is 18.2 Å². The van der Waals surface area contributed by atoms with Crippen LogP contribution in [0.2, 0.25) is 0 Å². The monoisotopic (exact) mass is 328 g/mol. The maximum absolute atomic E-state index is 12.9. The van der Waals surface area contributed by atoms with Crippen LogP contribution in [0, 0.1) is 6.92 Å². The number of hydrogen-bond acceptors (Lipinski definition) is 4. The summed E-state index contributed by atoms with van der Waals surface area (Å²) in [6, 6.07) is 12.8. The van der Waals surface area contributed by atoms with Crippen molar-refractivity contribution in [3.8, 4) is 0 Å². The van der Waals surface area contributed by atoms with Crippen LogP contribution in [0.4, 0.5) is 0 Å². The van der Waals surface area contributed by atoms with E-state index in [1.54, 1.807) is 25.1 Å². The van der Waals surface area contributed by atoms with E-state index in [4.69, 9.17) is 4.42 Å². The van der Waals surface area contributed by atoms with Gasteiger partial charge in [0.1, 0.15) is 5.52 Å². The zero-order valence-corrected chi connectivity index (χ0v) is 13.5. The summed E-state index contributed by atoms with van der Waals surface area (Å²) in [6.45, 7) is 2.65. The molecule has 1 aliphatic heterocycles. The fraction of sp³-hybridized carbons (Fsp3) is 0.235. The van der Waals surface area contributed by atoms with E-state index >= 15 is 0 Å². The highest BCUT2D eigenvalue weighted by atomic mass is 32.2. The predicted molar refractivity (Wildman–Crippen MR) is 86.5 cm³/mol. The summed E-state index contributed by atoms with van der Waals surface area (Å²) in [7, 11) is -3.54. The molecule has 0 bridgehead atoms. The van der Waals surface area contributed by atoms with Crippen molar-refractivity contribution in [2.75, 3.05) is 6.54 Å². The Morgan fingerprint density at radius 3 is 2.74 bits per heavy atom. The van der Waals surface area contributed by atoms with Gasteiger partial charge < -0.3 is 4.42 Å². The number of oxazole rings is 1. The number of nitrogens with zero attached hydrogens (tertiary/aromatic N) is 2. The number of benzene rings is 2. The van der Waals surface area contributed by atoms with Crippen LogP contribution < -0.4 is 0 Å². The summed E-state index contributed by atoms with van der Waals surface area (Å²) in [6.07, 6.45) is 0.735. The molecular weight excluding hydrogens is 312 g/mol. The molecule has 0 atom stereocenters. The van der Waals surface area contributed by atoms with Crippen molar-refractivity contribution in [2.45, 2.75) is 24.8 Å². The second-order valence-electron chi connectivity index (χ2n) is 5.72. The first kappa shape index (κ1) is 14.4. The number of hydrogen-bond donors (Lipinski definition) is 0. The zero-order chi connectivity index (χ0) is 16.0. The van der Waals surface area contributed by atoms with E-state index in [1.165, 1.54) is 9.87 Å². The molecule has 0 N–H and O–H groups in total.